The summed E-state index contributed by atoms with van der Waals surface area (Å²) in [4.78, 5) is 2.41. The van der Waals surface area contributed by atoms with Crippen LogP contribution in [0.25, 0.3) is 33.4 Å². The molecule has 0 saturated carbocycles. The first-order valence-electron chi connectivity index (χ1n) is 15.5. The quantitative estimate of drug-likeness (QED) is 0.214. The smallest absolute Gasteiger partial charge is 0.0465 e. The van der Waals surface area contributed by atoms with Crippen LogP contribution in [-0.2, 0) is 10.8 Å². The number of nitrogens with zero attached hydrogens (tertiary/aromatic N) is 1. The molecule has 0 bridgehead atoms. The average Bonchev–Trinajstić information content (AvgIpc) is 3.41. The van der Waals surface area contributed by atoms with Crippen molar-refractivity contribution in [3.8, 4) is 33.4 Å². The molecule has 0 saturated heterocycles. The van der Waals surface area contributed by atoms with Gasteiger partial charge in [-0.1, -0.05) is 119 Å². The Morgan fingerprint density at radius 1 is 0.409 bits per heavy atom. The molecule has 2 heteroatoms. The monoisotopic (exact) mass is 568 g/mol. The first-order chi connectivity index (χ1) is 21.2. The molecular formula is C42H36N2. The van der Waals surface area contributed by atoms with Gasteiger partial charge in [0.15, 0.2) is 0 Å². The van der Waals surface area contributed by atoms with Crippen LogP contribution in [-0.4, -0.2) is 0 Å². The zero-order valence-electron chi connectivity index (χ0n) is 25.7. The predicted octanol–water partition coefficient (Wildman–Crippen LogP) is 11.0. The van der Waals surface area contributed by atoms with Crippen LogP contribution in [0.15, 0.2) is 133 Å². The van der Waals surface area contributed by atoms with Crippen molar-refractivity contribution in [2.45, 2.75) is 38.5 Å². The zero-order chi connectivity index (χ0) is 30.2. The van der Waals surface area contributed by atoms with Gasteiger partial charge in [-0.3, -0.25) is 0 Å². The fraction of sp³-hybridized carbons (Fsp3) is 0.143. The summed E-state index contributed by atoms with van der Waals surface area (Å²) in [6.07, 6.45) is 0. The van der Waals surface area contributed by atoms with Gasteiger partial charge in [-0.15, -0.1) is 0 Å². The van der Waals surface area contributed by atoms with E-state index >= 15 is 0 Å². The van der Waals surface area contributed by atoms with E-state index in [4.69, 9.17) is 5.73 Å². The highest BCUT2D eigenvalue weighted by Crippen LogP contribution is 2.53. The first kappa shape index (κ1) is 26.5. The van der Waals surface area contributed by atoms with E-state index in [0.717, 1.165) is 33.9 Å². The molecule has 2 aliphatic rings. The largest absolute Gasteiger partial charge is 0.398 e. The maximum absolute atomic E-state index is 6.35. The fourth-order valence-corrected chi connectivity index (χ4v) is 7.66. The first-order valence-corrected chi connectivity index (χ1v) is 15.5. The number of anilines is 4. The molecule has 6 aromatic rings. The number of hydrogen-bond acceptors (Lipinski definition) is 2. The minimum atomic E-state index is -0.0795. The average molecular weight is 569 g/mol. The van der Waals surface area contributed by atoms with Crippen LogP contribution in [0.4, 0.5) is 22.7 Å². The van der Waals surface area contributed by atoms with Gasteiger partial charge >= 0.3 is 0 Å². The van der Waals surface area contributed by atoms with Crippen molar-refractivity contribution in [2.75, 3.05) is 10.6 Å². The lowest BCUT2D eigenvalue weighted by Gasteiger charge is -2.30. The maximum Gasteiger partial charge on any atom is 0.0465 e. The van der Waals surface area contributed by atoms with Gasteiger partial charge in [-0.05, 0) is 92.5 Å². The Balaban J connectivity index is 1.30. The fourth-order valence-electron chi connectivity index (χ4n) is 7.66. The summed E-state index contributed by atoms with van der Waals surface area (Å²) < 4.78 is 0. The van der Waals surface area contributed by atoms with Crippen molar-refractivity contribution in [2.24, 2.45) is 0 Å². The Kier molecular flexibility index (Phi) is 5.71. The molecule has 0 heterocycles. The van der Waals surface area contributed by atoms with Gasteiger partial charge in [-0.25, -0.2) is 0 Å². The Hall–Kier alpha value is -5.08. The van der Waals surface area contributed by atoms with Crippen molar-refractivity contribution < 1.29 is 0 Å². The summed E-state index contributed by atoms with van der Waals surface area (Å²) in [7, 11) is 0. The number of fused-ring (bicyclic) bond motifs is 6. The molecule has 0 aliphatic heterocycles. The van der Waals surface area contributed by atoms with Crippen LogP contribution in [0, 0.1) is 0 Å². The Bertz CT molecular complexity index is 1970. The molecular weight excluding hydrogens is 532 g/mol. The van der Waals surface area contributed by atoms with Gasteiger partial charge in [0.1, 0.15) is 0 Å². The lowest BCUT2D eigenvalue weighted by molar-refractivity contribution is 0.660. The van der Waals surface area contributed by atoms with Crippen LogP contribution in [0.2, 0.25) is 0 Å². The van der Waals surface area contributed by atoms with Gasteiger partial charge in [0.05, 0.1) is 0 Å². The van der Waals surface area contributed by atoms with E-state index in [9.17, 15) is 0 Å². The topological polar surface area (TPSA) is 29.3 Å². The third-order valence-electron chi connectivity index (χ3n) is 10.0. The van der Waals surface area contributed by atoms with Crippen molar-refractivity contribution >= 4 is 22.7 Å². The second-order valence-corrected chi connectivity index (χ2v) is 13.3. The molecule has 6 aromatic carbocycles. The van der Waals surface area contributed by atoms with Crippen molar-refractivity contribution in [3.63, 3.8) is 0 Å². The van der Waals surface area contributed by atoms with E-state index in [1.54, 1.807) is 0 Å². The second-order valence-electron chi connectivity index (χ2n) is 13.3. The van der Waals surface area contributed by atoms with Gasteiger partial charge in [0, 0.05) is 39.1 Å². The summed E-state index contributed by atoms with van der Waals surface area (Å²) in [5.41, 5.74) is 23.4. The summed E-state index contributed by atoms with van der Waals surface area (Å²) in [5.74, 6) is 0. The zero-order valence-corrected chi connectivity index (χ0v) is 25.7. The van der Waals surface area contributed by atoms with Gasteiger partial charge in [0.2, 0.25) is 0 Å². The van der Waals surface area contributed by atoms with Crippen molar-refractivity contribution in [3.05, 3.63) is 156 Å². The molecule has 0 spiro atoms. The lowest BCUT2D eigenvalue weighted by Crippen LogP contribution is -2.18. The normalized spacial score (nSPS) is 14.8. The van der Waals surface area contributed by atoms with E-state index in [1.807, 2.05) is 18.2 Å². The molecule has 0 unspecified atom stereocenters. The minimum absolute atomic E-state index is 0.0795. The molecule has 0 atom stereocenters. The van der Waals surface area contributed by atoms with Crippen molar-refractivity contribution in [1.82, 2.24) is 0 Å². The Morgan fingerprint density at radius 2 is 0.818 bits per heavy atom. The number of nitrogen functional groups attached to an aromatic ring is 1. The summed E-state index contributed by atoms with van der Waals surface area (Å²) in [6, 6.07) is 48.6. The molecule has 44 heavy (non-hydrogen) atoms. The molecule has 0 aromatic heterocycles. The predicted molar refractivity (Wildman–Crippen MR) is 186 cm³/mol. The Morgan fingerprint density at radius 3 is 1.32 bits per heavy atom. The molecule has 8 rings (SSSR count). The van der Waals surface area contributed by atoms with Gasteiger partial charge < -0.3 is 10.6 Å². The van der Waals surface area contributed by atoms with E-state index < -0.39 is 0 Å². The molecule has 2 nitrogen and oxygen atoms in total. The van der Waals surface area contributed by atoms with Gasteiger partial charge in [-0.2, -0.15) is 0 Å². The molecule has 0 radical (unpaired) electrons. The van der Waals surface area contributed by atoms with E-state index in [0.29, 0.717) is 0 Å². The second kappa shape index (κ2) is 9.46. The highest BCUT2D eigenvalue weighted by Gasteiger charge is 2.37. The highest BCUT2D eigenvalue weighted by molar-refractivity contribution is 5.89. The van der Waals surface area contributed by atoms with Crippen molar-refractivity contribution in [1.29, 1.82) is 0 Å². The van der Waals surface area contributed by atoms with Crippen LogP contribution in [0.3, 0.4) is 0 Å². The third kappa shape index (κ3) is 3.80. The van der Waals surface area contributed by atoms with Crippen LogP contribution >= 0.6 is 0 Å². The number of nitrogens with two attached hydrogens (primary N) is 1. The summed E-state index contributed by atoms with van der Waals surface area (Å²) in [5, 5.41) is 0. The number of para-hydroxylation sites is 1. The van der Waals surface area contributed by atoms with Crippen LogP contribution < -0.4 is 10.6 Å². The molecule has 0 fully saturated rings. The highest BCUT2D eigenvalue weighted by atomic mass is 15.1. The van der Waals surface area contributed by atoms with Crippen LogP contribution in [0.1, 0.15) is 49.9 Å². The maximum atomic E-state index is 6.35. The number of rotatable bonds is 4. The van der Waals surface area contributed by atoms with E-state index in [1.165, 1.54) is 44.5 Å². The number of benzene rings is 6. The molecule has 0 amide bonds. The van der Waals surface area contributed by atoms with E-state index in [2.05, 4.69) is 148 Å². The van der Waals surface area contributed by atoms with E-state index in [-0.39, 0.29) is 10.8 Å². The molecule has 214 valence electrons. The van der Waals surface area contributed by atoms with Gasteiger partial charge in [0.25, 0.3) is 0 Å². The molecule has 2 aliphatic carbocycles. The van der Waals surface area contributed by atoms with Crippen LogP contribution in [0.5, 0.6) is 0 Å². The minimum Gasteiger partial charge on any atom is -0.398 e. The SMILES string of the molecule is CC1(C)c2ccccc2-c2ccc(N(c3ccc(-c4ccccc4N)cc3)c3ccc4c(c3)C(C)(C)c3ccccc3-4)cc21. The third-order valence-corrected chi connectivity index (χ3v) is 10.0. The summed E-state index contributed by atoms with van der Waals surface area (Å²) >= 11 is 0. The summed E-state index contributed by atoms with van der Waals surface area (Å²) in [6.45, 7) is 9.39. The Labute approximate surface area is 260 Å². The molecule has 2 N–H and O–H groups in total. The lowest BCUT2D eigenvalue weighted by atomic mass is 9.82. The number of hydrogen-bond donors (Lipinski definition) is 1. The standard InChI is InChI=1S/C42H36N2/c1-41(2)36-14-8-5-12-32(36)34-23-21-29(25-38(34)41)44(28-19-17-27(18-20-28)31-11-7-10-16-40(31)43)30-22-24-35-33-13-6-9-15-37(33)42(3,4)39(35)26-30/h5-26H,43H2,1-4H3.